The smallest absolute Gasteiger partial charge is 0.232 e. The minimum absolute atomic E-state index is 0.0378. The largest absolute Gasteiger partial charge is 0.497 e. The molecule has 1 fully saturated rings. The molecular formula is C23H20N4O3S. The zero-order valence-electron chi connectivity index (χ0n) is 17.1. The van der Waals surface area contributed by atoms with Gasteiger partial charge in [-0.1, -0.05) is 23.4 Å². The first kappa shape index (κ1) is 19.4. The van der Waals surface area contributed by atoms with Crippen molar-refractivity contribution in [2.75, 3.05) is 18.6 Å². The third-order valence-corrected chi connectivity index (χ3v) is 6.11. The van der Waals surface area contributed by atoms with Crippen LogP contribution in [0.1, 0.15) is 23.2 Å². The molecule has 31 heavy (non-hydrogen) atoms. The van der Waals surface area contributed by atoms with Crippen LogP contribution in [0, 0.1) is 6.92 Å². The summed E-state index contributed by atoms with van der Waals surface area (Å²) < 4.78 is 10.7. The number of carbonyl (C=O) groups excluding carboxylic acids is 1. The number of amides is 1. The molecule has 156 valence electrons. The number of methoxy groups -OCH3 is 1. The number of anilines is 1. The maximum absolute atomic E-state index is 12.6. The number of aromatic nitrogens is 3. The Kier molecular flexibility index (Phi) is 4.99. The molecule has 8 heteroatoms. The number of rotatable bonds is 5. The van der Waals surface area contributed by atoms with Crippen LogP contribution in [-0.4, -0.2) is 34.7 Å². The van der Waals surface area contributed by atoms with Gasteiger partial charge in [0.15, 0.2) is 0 Å². The molecule has 0 bridgehead atoms. The van der Waals surface area contributed by atoms with Gasteiger partial charge >= 0.3 is 0 Å². The zero-order valence-corrected chi connectivity index (χ0v) is 17.9. The van der Waals surface area contributed by atoms with Crippen LogP contribution in [0.5, 0.6) is 5.75 Å². The summed E-state index contributed by atoms with van der Waals surface area (Å²) in [7, 11) is 1.62. The Labute approximate surface area is 183 Å². The summed E-state index contributed by atoms with van der Waals surface area (Å²) in [5.41, 5.74) is 3.63. The second-order valence-corrected chi connectivity index (χ2v) is 8.45. The van der Waals surface area contributed by atoms with Gasteiger partial charge in [-0.05, 0) is 37.3 Å². The molecule has 2 aromatic heterocycles. The van der Waals surface area contributed by atoms with E-state index in [9.17, 15) is 4.79 Å². The van der Waals surface area contributed by atoms with Crippen LogP contribution in [0.2, 0.25) is 0 Å². The van der Waals surface area contributed by atoms with Crippen LogP contribution in [0.4, 0.5) is 5.69 Å². The van der Waals surface area contributed by atoms with Gasteiger partial charge in [0.1, 0.15) is 5.75 Å². The SMILES string of the molecule is COc1ccc(N2CC(c3nc(-c4cccc(-c5csc(C)n5)c4)no3)CC2=O)cc1. The Hall–Kier alpha value is -3.52. The van der Waals surface area contributed by atoms with E-state index < -0.39 is 0 Å². The van der Waals surface area contributed by atoms with E-state index in [1.807, 2.05) is 60.8 Å². The van der Waals surface area contributed by atoms with Gasteiger partial charge in [-0.3, -0.25) is 4.79 Å². The van der Waals surface area contributed by atoms with Gasteiger partial charge in [0.25, 0.3) is 0 Å². The van der Waals surface area contributed by atoms with E-state index in [-0.39, 0.29) is 11.8 Å². The molecule has 1 aliphatic rings. The van der Waals surface area contributed by atoms with E-state index in [2.05, 4.69) is 15.1 Å². The second-order valence-electron chi connectivity index (χ2n) is 7.39. The molecule has 1 saturated heterocycles. The highest BCUT2D eigenvalue weighted by molar-refractivity contribution is 7.09. The average molecular weight is 433 g/mol. The van der Waals surface area contributed by atoms with Crippen LogP contribution < -0.4 is 9.64 Å². The number of hydrogen-bond donors (Lipinski definition) is 0. The van der Waals surface area contributed by atoms with E-state index >= 15 is 0 Å². The Balaban J connectivity index is 1.35. The van der Waals surface area contributed by atoms with Crippen molar-refractivity contribution in [1.82, 2.24) is 15.1 Å². The summed E-state index contributed by atoms with van der Waals surface area (Å²) in [6, 6.07) is 15.4. The van der Waals surface area contributed by atoms with Crippen molar-refractivity contribution >= 4 is 22.9 Å². The monoisotopic (exact) mass is 432 g/mol. The van der Waals surface area contributed by atoms with Crippen LogP contribution in [0.15, 0.2) is 58.4 Å². The molecule has 0 aliphatic carbocycles. The Bertz CT molecular complexity index is 1230. The molecule has 1 unspecified atom stereocenters. The fourth-order valence-electron chi connectivity index (χ4n) is 3.72. The average Bonchev–Trinajstić information content (AvgIpc) is 3.54. The molecule has 5 rings (SSSR count). The van der Waals surface area contributed by atoms with Gasteiger partial charge in [0.2, 0.25) is 17.6 Å². The van der Waals surface area contributed by atoms with Gasteiger partial charge in [0.05, 0.1) is 23.7 Å². The van der Waals surface area contributed by atoms with Crippen molar-refractivity contribution in [3.05, 3.63) is 64.8 Å². The van der Waals surface area contributed by atoms with E-state index in [0.717, 1.165) is 33.3 Å². The number of thiazole rings is 1. The Morgan fingerprint density at radius 2 is 1.94 bits per heavy atom. The standard InChI is InChI=1S/C23H20N4O3S/c1-14-24-20(13-31-14)15-4-3-5-16(10-15)22-25-23(30-26-22)17-11-21(28)27(12-17)18-6-8-19(29-2)9-7-18/h3-10,13,17H,11-12H2,1-2H3. The third kappa shape index (κ3) is 3.82. The molecule has 3 heterocycles. The molecule has 0 spiro atoms. The van der Waals surface area contributed by atoms with Crippen molar-refractivity contribution in [2.45, 2.75) is 19.3 Å². The lowest BCUT2D eigenvalue weighted by atomic mass is 10.1. The lowest BCUT2D eigenvalue weighted by molar-refractivity contribution is -0.117. The summed E-state index contributed by atoms with van der Waals surface area (Å²) in [5.74, 6) is 1.65. The molecule has 2 aromatic carbocycles. The lowest BCUT2D eigenvalue weighted by Gasteiger charge is -2.16. The highest BCUT2D eigenvalue weighted by Crippen LogP contribution is 2.33. The molecule has 7 nitrogen and oxygen atoms in total. The van der Waals surface area contributed by atoms with E-state index in [0.29, 0.717) is 24.7 Å². The summed E-state index contributed by atoms with van der Waals surface area (Å²) in [6.45, 7) is 2.49. The highest BCUT2D eigenvalue weighted by Gasteiger charge is 2.35. The first-order valence-corrected chi connectivity index (χ1v) is 10.8. The fraction of sp³-hybridized carbons (Fsp3) is 0.217. The first-order chi connectivity index (χ1) is 15.1. The summed E-state index contributed by atoms with van der Waals surface area (Å²) in [4.78, 5) is 23.5. The molecule has 4 aromatic rings. The van der Waals surface area contributed by atoms with Crippen molar-refractivity contribution < 1.29 is 14.1 Å². The number of aryl methyl sites for hydroxylation is 1. The summed E-state index contributed by atoms with van der Waals surface area (Å²) in [6.07, 6.45) is 0.339. The second kappa shape index (κ2) is 7.96. The van der Waals surface area contributed by atoms with Gasteiger partial charge in [-0.2, -0.15) is 4.98 Å². The van der Waals surface area contributed by atoms with Gasteiger partial charge in [-0.15, -0.1) is 11.3 Å². The van der Waals surface area contributed by atoms with Crippen LogP contribution >= 0.6 is 11.3 Å². The highest BCUT2D eigenvalue weighted by atomic mass is 32.1. The van der Waals surface area contributed by atoms with Gasteiger partial charge in [0, 0.05) is 35.2 Å². The zero-order chi connectivity index (χ0) is 21.4. The van der Waals surface area contributed by atoms with Crippen LogP contribution in [-0.2, 0) is 4.79 Å². The fourth-order valence-corrected chi connectivity index (χ4v) is 4.34. The van der Waals surface area contributed by atoms with E-state index in [1.54, 1.807) is 23.3 Å². The predicted octanol–water partition coefficient (Wildman–Crippen LogP) is 4.70. The van der Waals surface area contributed by atoms with Crippen LogP contribution in [0.3, 0.4) is 0 Å². The molecular weight excluding hydrogens is 412 g/mol. The molecule has 1 atom stereocenters. The van der Waals surface area contributed by atoms with E-state index in [4.69, 9.17) is 9.26 Å². The predicted molar refractivity (Wildman–Crippen MR) is 118 cm³/mol. The number of nitrogens with zero attached hydrogens (tertiary/aromatic N) is 4. The number of hydrogen-bond acceptors (Lipinski definition) is 7. The number of benzene rings is 2. The minimum atomic E-state index is -0.139. The topological polar surface area (TPSA) is 81.3 Å². The van der Waals surface area contributed by atoms with Crippen molar-refractivity contribution in [3.8, 4) is 28.4 Å². The van der Waals surface area contributed by atoms with Crippen molar-refractivity contribution in [2.24, 2.45) is 0 Å². The maximum atomic E-state index is 12.6. The lowest BCUT2D eigenvalue weighted by Crippen LogP contribution is -2.24. The summed E-state index contributed by atoms with van der Waals surface area (Å²) >= 11 is 1.62. The van der Waals surface area contributed by atoms with E-state index in [1.165, 1.54) is 0 Å². The number of ether oxygens (including phenoxy) is 1. The first-order valence-electron chi connectivity index (χ1n) is 9.91. The van der Waals surface area contributed by atoms with Crippen molar-refractivity contribution in [1.29, 1.82) is 0 Å². The maximum Gasteiger partial charge on any atom is 0.232 e. The van der Waals surface area contributed by atoms with Gasteiger partial charge < -0.3 is 14.2 Å². The molecule has 0 saturated carbocycles. The number of carbonyl (C=O) groups is 1. The normalized spacial score (nSPS) is 16.1. The minimum Gasteiger partial charge on any atom is -0.497 e. The Morgan fingerprint density at radius 1 is 1.13 bits per heavy atom. The quantitative estimate of drug-likeness (QED) is 0.455. The van der Waals surface area contributed by atoms with Crippen LogP contribution in [0.25, 0.3) is 22.6 Å². The molecule has 1 aliphatic heterocycles. The summed E-state index contributed by atoms with van der Waals surface area (Å²) in [5, 5.41) is 7.22. The van der Waals surface area contributed by atoms with Crippen molar-refractivity contribution in [3.63, 3.8) is 0 Å². The molecule has 0 radical (unpaired) electrons. The third-order valence-electron chi connectivity index (χ3n) is 5.34. The molecule has 1 amide bonds. The Morgan fingerprint density at radius 3 is 2.68 bits per heavy atom. The molecule has 0 N–H and O–H groups in total. The van der Waals surface area contributed by atoms with Gasteiger partial charge in [-0.25, -0.2) is 4.98 Å².